The second-order valence-corrected chi connectivity index (χ2v) is 8.50. The van der Waals surface area contributed by atoms with Gasteiger partial charge in [0.05, 0.1) is 17.8 Å². The lowest BCUT2D eigenvalue weighted by Crippen LogP contribution is -2.29. The smallest absolute Gasteiger partial charge is 0.174 e. The predicted octanol–water partition coefficient (Wildman–Crippen LogP) is 5.94. The Hall–Kier alpha value is -3.58. The van der Waals surface area contributed by atoms with Crippen LogP contribution in [0.25, 0.3) is 5.69 Å². The highest BCUT2D eigenvalue weighted by atomic mass is 32.1. The van der Waals surface area contributed by atoms with Crippen molar-refractivity contribution < 1.29 is 8.78 Å². The molecule has 4 aromatic rings. The number of benzene rings is 2. The molecule has 2 aromatic heterocycles. The average molecular weight is 461 g/mol. The summed E-state index contributed by atoms with van der Waals surface area (Å²) in [5.74, 6) is -0.575. The first-order valence-electron chi connectivity index (χ1n) is 10.6. The summed E-state index contributed by atoms with van der Waals surface area (Å²) < 4.78 is 29.3. The van der Waals surface area contributed by atoms with E-state index in [1.807, 2.05) is 36.9 Å². The van der Waals surface area contributed by atoms with E-state index in [1.54, 1.807) is 30.5 Å². The molecule has 33 heavy (non-hydrogen) atoms. The van der Waals surface area contributed by atoms with Crippen LogP contribution in [-0.4, -0.2) is 14.7 Å². The highest BCUT2D eigenvalue weighted by molar-refractivity contribution is 7.80. The number of aryl methyl sites for hydroxylation is 1. The molecule has 0 amide bonds. The van der Waals surface area contributed by atoms with Crippen molar-refractivity contribution in [3.05, 3.63) is 113 Å². The van der Waals surface area contributed by atoms with Crippen molar-refractivity contribution >= 4 is 23.0 Å². The molecule has 0 radical (unpaired) electrons. The summed E-state index contributed by atoms with van der Waals surface area (Å²) in [6.07, 6.45) is 1.76. The van der Waals surface area contributed by atoms with Crippen molar-refractivity contribution in [2.24, 2.45) is 0 Å². The molecule has 0 saturated carbocycles. The zero-order valence-electron chi connectivity index (χ0n) is 18.2. The summed E-state index contributed by atoms with van der Waals surface area (Å²) in [5, 5.41) is 3.98. The van der Waals surface area contributed by atoms with E-state index in [9.17, 15) is 8.78 Å². The average Bonchev–Trinajstić information content (AvgIpc) is 3.31. The zero-order chi connectivity index (χ0) is 23.1. The van der Waals surface area contributed by atoms with Gasteiger partial charge >= 0.3 is 0 Å². The Labute approximate surface area is 196 Å². The highest BCUT2D eigenvalue weighted by Crippen LogP contribution is 2.43. The molecule has 3 heterocycles. The first kappa shape index (κ1) is 21.3. The Morgan fingerprint density at radius 2 is 1.52 bits per heavy atom. The molecule has 166 valence electrons. The molecule has 1 N–H and O–H groups in total. The number of aromatic nitrogens is 2. The number of thiocarbonyl (C=S) groups is 1. The molecule has 0 spiro atoms. The topological polar surface area (TPSA) is 33.1 Å². The largest absolute Gasteiger partial charge is 0.351 e. The minimum atomic E-state index is -0.302. The van der Waals surface area contributed by atoms with E-state index in [-0.39, 0.29) is 23.7 Å². The molecule has 2 aromatic carbocycles. The summed E-state index contributed by atoms with van der Waals surface area (Å²) in [7, 11) is 0. The lowest BCUT2D eigenvalue weighted by Gasteiger charge is -2.28. The number of anilines is 1. The van der Waals surface area contributed by atoms with E-state index < -0.39 is 0 Å². The SMILES string of the molecule is Cc1cc(C2C(c3ccccn3)NC(=S)N2c2ccc(F)cc2)c(C)n1-c1ccc(F)cc1. The maximum absolute atomic E-state index is 13.7. The number of nitrogens with zero attached hydrogens (tertiary/aromatic N) is 3. The van der Waals surface area contributed by atoms with E-state index in [2.05, 4.69) is 20.9 Å². The molecule has 5 rings (SSSR count). The fourth-order valence-electron chi connectivity index (χ4n) is 4.63. The first-order chi connectivity index (χ1) is 15.9. The maximum atomic E-state index is 13.7. The first-order valence-corrected chi connectivity index (χ1v) is 11.1. The molecule has 2 atom stereocenters. The normalized spacial score (nSPS) is 17.9. The van der Waals surface area contributed by atoms with Gasteiger partial charge in [-0.2, -0.15) is 0 Å². The molecular weight excluding hydrogens is 438 g/mol. The highest BCUT2D eigenvalue weighted by Gasteiger charge is 2.42. The minimum absolute atomic E-state index is 0.203. The Kier molecular flexibility index (Phi) is 5.42. The van der Waals surface area contributed by atoms with Gasteiger partial charge in [0.15, 0.2) is 5.11 Å². The fraction of sp³-hybridized carbons (Fsp3) is 0.154. The summed E-state index contributed by atoms with van der Waals surface area (Å²) >= 11 is 5.74. The van der Waals surface area contributed by atoms with Crippen molar-refractivity contribution in [2.45, 2.75) is 25.9 Å². The van der Waals surface area contributed by atoms with Crippen LogP contribution in [0.4, 0.5) is 14.5 Å². The van der Waals surface area contributed by atoms with Crippen LogP contribution in [0.1, 0.15) is 34.7 Å². The fourth-order valence-corrected chi connectivity index (χ4v) is 4.97. The number of hydrogen-bond acceptors (Lipinski definition) is 2. The van der Waals surface area contributed by atoms with Crippen molar-refractivity contribution in [1.29, 1.82) is 0 Å². The van der Waals surface area contributed by atoms with Gasteiger partial charge in [0.2, 0.25) is 0 Å². The van der Waals surface area contributed by atoms with Crippen LogP contribution in [0.3, 0.4) is 0 Å². The monoisotopic (exact) mass is 460 g/mol. The Morgan fingerprint density at radius 1 is 0.879 bits per heavy atom. The van der Waals surface area contributed by atoms with Crippen LogP contribution in [0.15, 0.2) is 79.0 Å². The lowest BCUT2D eigenvalue weighted by molar-refractivity contribution is 0.565. The Bertz CT molecular complexity index is 1300. The summed E-state index contributed by atoms with van der Waals surface area (Å²) in [6.45, 7) is 4.07. The molecule has 0 aliphatic carbocycles. The van der Waals surface area contributed by atoms with Crippen LogP contribution in [0, 0.1) is 25.5 Å². The van der Waals surface area contributed by atoms with Gasteiger partial charge < -0.3 is 14.8 Å². The third-order valence-electron chi connectivity index (χ3n) is 6.08. The van der Waals surface area contributed by atoms with E-state index in [4.69, 9.17) is 12.2 Å². The van der Waals surface area contributed by atoms with Crippen LogP contribution < -0.4 is 10.2 Å². The number of hydrogen-bond donors (Lipinski definition) is 1. The Balaban J connectivity index is 1.67. The van der Waals surface area contributed by atoms with Gasteiger partial charge in [-0.05, 0) is 98.4 Å². The van der Waals surface area contributed by atoms with E-state index in [0.29, 0.717) is 5.11 Å². The van der Waals surface area contributed by atoms with Crippen LogP contribution in [0.2, 0.25) is 0 Å². The van der Waals surface area contributed by atoms with Gasteiger partial charge in [0.1, 0.15) is 11.6 Å². The van der Waals surface area contributed by atoms with E-state index >= 15 is 0 Å². The molecular formula is C26H22F2N4S. The third-order valence-corrected chi connectivity index (χ3v) is 6.39. The number of halogens is 2. The van der Waals surface area contributed by atoms with Crippen molar-refractivity contribution in [1.82, 2.24) is 14.9 Å². The molecule has 1 saturated heterocycles. The van der Waals surface area contributed by atoms with Gasteiger partial charge in [-0.15, -0.1) is 0 Å². The third kappa shape index (κ3) is 3.78. The van der Waals surface area contributed by atoms with Gasteiger partial charge in [0, 0.05) is 29.0 Å². The number of pyridine rings is 1. The lowest BCUT2D eigenvalue weighted by atomic mass is 9.96. The second kappa shape index (κ2) is 8.41. The number of rotatable bonds is 4. The van der Waals surface area contributed by atoms with Crippen molar-refractivity contribution in [3.63, 3.8) is 0 Å². The number of nitrogens with one attached hydrogen (secondary N) is 1. The molecule has 0 bridgehead atoms. The summed E-state index contributed by atoms with van der Waals surface area (Å²) in [4.78, 5) is 6.60. The molecule has 1 fully saturated rings. The Morgan fingerprint density at radius 3 is 2.12 bits per heavy atom. The van der Waals surface area contributed by atoms with E-state index in [0.717, 1.165) is 34.0 Å². The molecule has 2 unspecified atom stereocenters. The van der Waals surface area contributed by atoms with Gasteiger partial charge in [0.25, 0.3) is 0 Å². The minimum Gasteiger partial charge on any atom is -0.351 e. The molecule has 1 aliphatic rings. The van der Waals surface area contributed by atoms with Crippen LogP contribution >= 0.6 is 12.2 Å². The quantitative estimate of drug-likeness (QED) is 0.382. The van der Waals surface area contributed by atoms with Gasteiger partial charge in [-0.1, -0.05) is 6.07 Å². The molecule has 1 aliphatic heterocycles. The van der Waals surface area contributed by atoms with Crippen LogP contribution in [0.5, 0.6) is 0 Å². The maximum Gasteiger partial charge on any atom is 0.174 e. The molecule has 7 heteroatoms. The zero-order valence-corrected chi connectivity index (χ0v) is 19.0. The van der Waals surface area contributed by atoms with Crippen LogP contribution in [-0.2, 0) is 0 Å². The van der Waals surface area contributed by atoms with Crippen molar-refractivity contribution in [3.8, 4) is 5.69 Å². The summed E-state index contributed by atoms with van der Waals surface area (Å²) in [6, 6.07) is 20.3. The second-order valence-electron chi connectivity index (χ2n) is 8.11. The predicted molar refractivity (Wildman–Crippen MR) is 130 cm³/mol. The van der Waals surface area contributed by atoms with Gasteiger partial charge in [-0.3, -0.25) is 4.98 Å². The standard InChI is InChI=1S/C26H22F2N4S/c1-16-15-22(17(2)31(16)20-10-6-18(27)7-11-20)25-24(23-5-3-4-14-29-23)30-26(33)32(25)21-12-8-19(28)9-13-21/h3-15,24-25H,1-2H3,(H,30,33). The van der Waals surface area contributed by atoms with Crippen molar-refractivity contribution in [2.75, 3.05) is 4.90 Å². The van der Waals surface area contributed by atoms with Gasteiger partial charge in [-0.25, -0.2) is 8.78 Å². The van der Waals surface area contributed by atoms with E-state index in [1.165, 1.54) is 24.3 Å². The summed E-state index contributed by atoms with van der Waals surface area (Å²) in [5.41, 5.74) is 5.64. The molecule has 4 nitrogen and oxygen atoms in total.